The van der Waals surface area contributed by atoms with E-state index in [2.05, 4.69) is 21.8 Å². The van der Waals surface area contributed by atoms with Crippen molar-refractivity contribution in [3.05, 3.63) is 64.2 Å². The van der Waals surface area contributed by atoms with Crippen molar-refractivity contribution in [1.29, 1.82) is 0 Å². The monoisotopic (exact) mass is 386 g/mol. The molecule has 0 saturated carbocycles. The number of aryl methyl sites for hydroxylation is 3. The summed E-state index contributed by atoms with van der Waals surface area (Å²) in [5, 5.41) is 0. The van der Waals surface area contributed by atoms with Gasteiger partial charge in [0.2, 0.25) is 10.0 Å². The first-order chi connectivity index (χ1) is 12.8. The predicted molar refractivity (Wildman–Crippen MR) is 110 cm³/mol. The van der Waals surface area contributed by atoms with E-state index in [-0.39, 0.29) is 0 Å². The van der Waals surface area contributed by atoms with Crippen molar-refractivity contribution in [2.45, 2.75) is 58.0 Å². The lowest BCUT2D eigenvalue weighted by Crippen LogP contribution is -2.29. The number of rotatable bonds is 6. The summed E-state index contributed by atoms with van der Waals surface area (Å²) < 4.78 is 28.3. The molecule has 0 radical (unpaired) electrons. The van der Waals surface area contributed by atoms with Gasteiger partial charge in [-0.2, -0.15) is 0 Å². The summed E-state index contributed by atoms with van der Waals surface area (Å²) in [6, 6.07) is 12.1. The van der Waals surface area contributed by atoms with Crippen molar-refractivity contribution < 1.29 is 8.42 Å². The van der Waals surface area contributed by atoms with Gasteiger partial charge in [0.15, 0.2) is 0 Å². The molecule has 0 aliphatic carbocycles. The molecule has 1 saturated heterocycles. The molecule has 0 unspecified atom stereocenters. The Morgan fingerprint density at radius 1 is 0.889 bits per heavy atom. The van der Waals surface area contributed by atoms with Crippen molar-refractivity contribution in [2.75, 3.05) is 13.1 Å². The summed E-state index contributed by atoms with van der Waals surface area (Å²) in [6.45, 7) is 9.32. The lowest BCUT2D eigenvalue weighted by atomic mass is 10.1. The molecule has 5 heteroatoms. The van der Waals surface area contributed by atoms with E-state index >= 15 is 0 Å². The molecule has 0 aromatic heterocycles. The molecule has 27 heavy (non-hydrogen) atoms. The Balaban J connectivity index is 1.64. The normalized spacial score (nSPS) is 15.8. The molecule has 0 spiro atoms. The van der Waals surface area contributed by atoms with Gasteiger partial charge >= 0.3 is 0 Å². The van der Waals surface area contributed by atoms with E-state index in [1.165, 1.54) is 37.9 Å². The number of nitrogens with one attached hydrogen (secondary N) is 1. The molecule has 2 aromatic carbocycles. The molecule has 146 valence electrons. The summed E-state index contributed by atoms with van der Waals surface area (Å²) in [5.41, 5.74) is 4.92. The summed E-state index contributed by atoms with van der Waals surface area (Å²) in [5.74, 6) is 0. The fourth-order valence-corrected chi connectivity index (χ4v) is 5.45. The first-order valence-corrected chi connectivity index (χ1v) is 11.2. The number of likely N-dealkylation sites (tertiary alicyclic amines) is 1. The Morgan fingerprint density at radius 2 is 1.44 bits per heavy atom. The SMILES string of the molecule is Cc1cc(C)c(S(=O)(=O)NCc2ccc(CN3CCCCC3)cc2)c(C)c1. The number of nitrogens with zero attached hydrogens (tertiary/aromatic N) is 1. The maximum absolute atomic E-state index is 12.8. The molecular weight excluding hydrogens is 356 g/mol. The van der Waals surface area contributed by atoms with Crippen molar-refractivity contribution in [3.8, 4) is 0 Å². The highest BCUT2D eigenvalue weighted by molar-refractivity contribution is 7.89. The largest absolute Gasteiger partial charge is 0.299 e. The van der Waals surface area contributed by atoms with E-state index < -0.39 is 10.0 Å². The third kappa shape index (κ3) is 5.18. The van der Waals surface area contributed by atoms with Gasteiger partial charge in [0.05, 0.1) is 4.90 Å². The summed E-state index contributed by atoms with van der Waals surface area (Å²) >= 11 is 0. The van der Waals surface area contributed by atoms with Crippen LogP contribution < -0.4 is 4.72 Å². The quantitative estimate of drug-likeness (QED) is 0.814. The predicted octanol–water partition coefficient (Wildman–Crippen LogP) is 4.08. The number of hydrogen-bond acceptors (Lipinski definition) is 3. The average molecular weight is 387 g/mol. The molecule has 0 bridgehead atoms. The molecule has 1 N–H and O–H groups in total. The smallest absolute Gasteiger partial charge is 0.241 e. The average Bonchev–Trinajstić information content (AvgIpc) is 2.61. The molecule has 0 amide bonds. The molecule has 3 rings (SSSR count). The fourth-order valence-electron chi connectivity index (χ4n) is 3.98. The van der Waals surface area contributed by atoms with Crippen molar-refractivity contribution >= 4 is 10.0 Å². The molecule has 1 heterocycles. The van der Waals surface area contributed by atoms with Crippen molar-refractivity contribution in [3.63, 3.8) is 0 Å². The minimum Gasteiger partial charge on any atom is -0.299 e. The molecule has 1 fully saturated rings. The van der Waals surface area contributed by atoms with Gasteiger partial charge in [-0.25, -0.2) is 13.1 Å². The number of piperidine rings is 1. The van der Waals surface area contributed by atoms with E-state index in [0.29, 0.717) is 11.4 Å². The highest BCUT2D eigenvalue weighted by Gasteiger charge is 2.19. The van der Waals surface area contributed by atoms with Gasteiger partial charge in [-0.05, 0) is 69.0 Å². The molecule has 1 aliphatic heterocycles. The molecule has 0 atom stereocenters. The number of sulfonamides is 1. The maximum atomic E-state index is 12.8. The van der Waals surface area contributed by atoms with E-state index in [1.807, 2.05) is 45.0 Å². The topological polar surface area (TPSA) is 49.4 Å². The van der Waals surface area contributed by atoms with Gasteiger partial charge in [0.25, 0.3) is 0 Å². The highest BCUT2D eigenvalue weighted by Crippen LogP contribution is 2.22. The Labute approximate surface area is 163 Å². The second-order valence-electron chi connectivity index (χ2n) is 7.71. The van der Waals surface area contributed by atoms with E-state index in [1.54, 1.807) is 0 Å². The maximum Gasteiger partial charge on any atom is 0.241 e. The van der Waals surface area contributed by atoms with Crippen LogP contribution in [0.25, 0.3) is 0 Å². The standard InChI is InChI=1S/C22H30N2O2S/c1-17-13-18(2)22(19(3)14-17)27(25,26)23-15-20-7-9-21(10-8-20)16-24-11-5-4-6-12-24/h7-10,13-14,23H,4-6,11-12,15-16H2,1-3H3. The van der Waals surface area contributed by atoms with Crippen molar-refractivity contribution in [2.24, 2.45) is 0 Å². The third-order valence-corrected chi connectivity index (χ3v) is 6.92. The second kappa shape index (κ2) is 8.55. The Bertz CT molecular complexity index is 860. The third-order valence-electron chi connectivity index (χ3n) is 5.22. The van der Waals surface area contributed by atoms with Crippen LogP contribution >= 0.6 is 0 Å². The zero-order valence-corrected chi connectivity index (χ0v) is 17.4. The number of benzene rings is 2. The van der Waals surface area contributed by atoms with Crippen LogP contribution in [0.3, 0.4) is 0 Å². The Hall–Kier alpha value is -1.69. The van der Waals surface area contributed by atoms with E-state index in [9.17, 15) is 8.42 Å². The lowest BCUT2D eigenvalue weighted by Gasteiger charge is -2.26. The van der Waals surface area contributed by atoms with Crippen LogP contribution in [0.5, 0.6) is 0 Å². The first kappa shape index (κ1) is 20.1. The second-order valence-corrected chi connectivity index (χ2v) is 9.41. The summed E-state index contributed by atoms with van der Waals surface area (Å²) in [7, 11) is -3.53. The van der Waals surface area contributed by atoms with Crippen LogP contribution in [0.15, 0.2) is 41.3 Å². The van der Waals surface area contributed by atoms with Gasteiger partial charge in [0, 0.05) is 13.1 Å². The Kier molecular flexibility index (Phi) is 6.35. The van der Waals surface area contributed by atoms with Crippen LogP contribution in [0.1, 0.15) is 47.1 Å². The van der Waals surface area contributed by atoms with Crippen molar-refractivity contribution in [1.82, 2.24) is 9.62 Å². The summed E-state index contributed by atoms with van der Waals surface area (Å²) in [4.78, 5) is 2.89. The lowest BCUT2D eigenvalue weighted by molar-refractivity contribution is 0.221. The molecule has 4 nitrogen and oxygen atoms in total. The minimum absolute atomic E-state index is 0.305. The van der Waals surface area contributed by atoms with E-state index in [4.69, 9.17) is 0 Å². The van der Waals surface area contributed by atoms with Gasteiger partial charge in [0.1, 0.15) is 0 Å². The number of hydrogen-bond donors (Lipinski definition) is 1. The van der Waals surface area contributed by atoms with Crippen LogP contribution in [-0.4, -0.2) is 26.4 Å². The molecule has 2 aromatic rings. The molecule has 1 aliphatic rings. The van der Waals surface area contributed by atoms with Gasteiger partial charge in [-0.15, -0.1) is 0 Å². The van der Waals surface area contributed by atoms with Crippen LogP contribution in [0.2, 0.25) is 0 Å². The first-order valence-electron chi connectivity index (χ1n) is 9.73. The minimum atomic E-state index is -3.53. The van der Waals surface area contributed by atoms with Gasteiger partial charge in [-0.3, -0.25) is 4.90 Å². The van der Waals surface area contributed by atoms with Gasteiger partial charge in [-0.1, -0.05) is 48.4 Å². The van der Waals surface area contributed by atoms with Gasteiger partial charge < -0.3 is 0 Å². The summed E-state index contributed by atoms with van der Waals surface area (Å²) in [6.07, 6.45) is 3.92. The molecular formula is C22H30N2O2S. The van der Waals surface area contributed by atoms with Crippen LogP contribution in [0.4, 0.5) is 0 Å². The Morgan fingerprint density at radius 3 is 2.04 bits per heavy atom. The van der Waals surface area contributed by atoms with E-state index in [0.717, 1.165) is 28.8 Å². The zero-order valence-electron chi connectivity index (χ0n) is 16.6. The highest BCUT2D eigenvalue weighted by atomic mass is 32.2. The van der Waals surface area contributed by atoms with Crippen LogP contribution in [0, 0.1) is 20.8 Å². The fraction of sp³-hybridized carbons (Fsp3) is 0.455. The zero-order chi connectivity index (χ0) is 19.4. The van der Waals surface area contributed by atoms with Crippen LogP contribution in [-0.2, 0) is 23.1 Å².